The number of carboxylic acid groups (broad SMARTS) is 1. The van der Waals surface area contributed by atoms with Crippen LogP contribution in [0.25, 0.3) is 0 Å². The van der Waals surface area contributed by atoms with Gasteiger partial charge in [0.1, 0.15) is 11.6 Å². The van der Waals surface area contributed by atoms with E-state index in [4.69, 9.17) is 4.74 Å². The van der Waals surface area contributed by atoms with Crippen LogP contribution in [0.5, 0.6) is 0 Å². The van der Waals surface area contributed by atoms with Crippen molar-refractivity contribution >= 4 is 12.1 Å². The third-order valence-electron chi connectivity index (χ3n) is 3.41. The Bertz CT molecular complexity index is 376. The van der Waals surface area contributed by atoms with E-state index >= 15 is 0 Å². The van der Waals surface area contributed by atoms with E-state index in [1.54, 1.807) is 20.8 Å². The number of carbonyl (C=O) groups excluding carboxylic acids is 1. The van der Waals surface area contributed by atoms with Crippen LogP contribution in [-0.2, 0) is 9.53 Å². The molecule has 0 aromatic rings. The molecule has 20 heavy (non-hydrogen) atoms. The minimum absolute atomic E-state index is 0.0993. The van der Waals surface area contributed by atoms with Crippen LogP contribution in [0.2, 0.25) is 0 Å². The summed E-state index contributed by atoms with van der Waals surface area (Å²) in [5.41, 5.74) is -1.66. The fourth-order valence-electron chi connectivity index (χ4n) is 2.56. The van der Waals surface area contributed by atoms with Crippen LogP contribution >= 0.6 is 0 Å². The number of amides is 1. The van der Waals surface area contributed by atoms with E-state index in [2.05, 4.69) is 0 Å². The normalized spacial score (nSPS) is 27.2. The van der Waals surface area contributed by atoms with Crippen molar-refractivity contribution in [2.24, 2.45) is 0 Å². The average Bonchev–Trinajstić information content (AvgIpc) is 2.26. The molecule has 6 nitrogen and oxygen atoms in total. The molecule has 2 N–H and O–H groups in total. The van der Waals surface area contributed by atoms with Gasteiger partial charge in [-0.15, -0.1) is 0 Å². The van der Waals surface area contributed by atoms with Crippen molar-refractivity contribution in [3.8, 4) is 0 Å². The van der Waals surface area contributed by atoms with E-state index < -0.39 is 29.3 Å². The van der Waals surface area contributed by atoms with Crippen molar-refractivity contribution in [1.82, 2.24) is 4.90 Å². The van der Waals surface area contributed by atoms with Crippen LogP contribution in [0, 0.1) is 0 Å². The highest BCUT2D eigenvalue weighted by Crippen LogP contribution is 2.32. The maximum absolute atomic E-state index is 12.2. The van der Waals surface area contributed by atoms with E-state index in [1.807, 2.05) is 6.92 Å². The zero-order chi connectivity index (χ0) is 15.6. The van der Waals surface area contributed by atoms with Gasteiger partial charge in [-0.3, -0.25) is 4.90 Å². The molecule has 1 amide bonds. The molecular formula is C14H25NO5. The zero-order valence-corrected chi connectivity index (χ0v) is 12.7. The summed E-state index contributed by atoms with van der Waals surface area (Å²) in [7, 11) is 0. The molecule has 1 rings (SSSR count). The Hall–Kier alpha value is -1.30. The topological polar surface area (TPSA) is 87.1 Å². The van der Waals surface area contributed by atoms with Crippen molar-refractivity contribution in [3.63, 3.8) is 0 Å². The Kier molecular flexibility index (Phi) is 5.02. The summed E-state index contributed by atoms with van der Waals surface area (Å²) in [6.45, 7) is 7.30. The van der Waals surface area contributed by atoms with Crippen molar-refractivity contribution in [2.75, 3.05) is 6.54 Å². The van der Waals surface area contributed by atoms with Crippen LogP contribution in [0.1, 0.15) is 53.4 Å². The first-order chi connectivity index (χ1) is 9.08. The molecule has 0 spiro atoms. The highest BCUT2D eigenvalue weighted by molar-refractivity contribution is 5.81. The molecule has 1 fully saturated rings. The Morgan fingerprint density at radius 3 is 2.45 bits per heavy atom. The summed E-state index contributed by atoms with van der Waals surface area (Å²) in [4.78, 5) is 24.5. The molecule has 1 heterocycles. The highest BCUT2D eigenvalue weighted by Gasteiger charge is 2.44. The molecule has 1 aliphatic rings. The lowest BCUT2D eigenvalue weighted by atomic mass is 9.83. The molecule has 0 aromatic heterocycles. The minimum Gasteiger partial charge on any atom is -0.465 e. The summed E-state index contributed by atoms with van der Waals surface area (Å²) >= 11 is 0. The minimum atomic E-state index is -1.15. The van der Waals surface area contributed by atoms with Crippen molar-refractivity contribution < 1.29 is 24.5 Å². The van der Waals surface area contributed by atoms with E-state index in [1.165, 1.54) is 0 Å². The lowest BCUT2D eigenvalue weighted by molar-refractivity contribution is -0.166. The number of nitrogens with zero attached hydrogens (tertiary/aromatic N) is 1. The third-order valence-corrected chi connectivity index (χ3v) is 3.41. The second-order valence-electron chi connectivity index (χ2n) is 6.45. The Labute approximate surface area is 119 Å². The number of rotatable bonds is 3. The van der Waals surface area contributed by atoms with Gasteiger partial charge in [0.25, 0.3) is 0 Å². The van der Waals surface area contributed by atoms with Crippen molar-refractivity contribution in [2.45, 2.75) is 70.6 Å². The Morgan fingerprint density at radius 1 is 1.40 bits per heavy atom. The number of esters is 1. The van der Waals surface area contributed by atoms with Gasteiger partial charge in [-0.1, -0.05) is 13.3 Å². The number of piperidine rings is 1. The second kappa shape index (κ2) is 5.99. The van der Waals surface area contributed by atoms with Crippen LogP contribution in [0.15, 0.2) is 0 Å². The van der Waals surface area contributed by atoms with Gasteiger partial charge in [0.2, 0.25) is 0 Å². The first-order valence-corrected chi connectivity index (χ1v) is 7.03. The van der Waals surface area contributed by atoms with Gasteiger partial charge >= 0.3 is 12.1 Å². The molecule has 1 saturated heterocycles. The summed E-state index contributed by atoms with van der Waals surface area (Å²) in [5, 5.41) is 19.7. The van der Waals surface area contributed by atoms with Crippen LogP contribution in [0.4, 0.5) is 4.79 Å². The average molecular weight is 287 g/mol. The Balaban J connectivity index is 2.89. The maximum atomic E-state index is 12.2. The predicted octanol–water partition coefficient (Wildman–Crippen LogP) is 2.00. The second-order valence-corrected chi connectivity index (χ2v) is 6.45. The zero-order valence-electron chi connectivity index (χ0n) is 12.7. The fourth-order valence-corrected chi connectivity index (χ4v) is 2.56. The standard InChI is InChI=1S/C14H25NO5/c1-5-6-14(19)7-8-15(12(17)18)10(9-14)11(16)20-13(2,3)4/h10,19H,5-9H2,1-4H3,(H,17,18). The SMILES string of the molecule is CCCC1(O)CCN(C(=O)O)C(C(=O)OC(C)(C)C)C1. The summed E-state index contributed by atoms with van der Waals surface area (Å²) in [5.74, 6) is -0.589. The molecule has 0 aromatic carbocycles. The smallest absolute Gasteiger partial charge is 0.408 e. The van der Waals surface area contributed by atoms with Crippen molar-refractivity contribution in [1.29, 1.82) is 0 Å². The molecule has 0 radical (unpaired) electrons. The van der Waals surface area contributed by atoms with Crippen LogP contribution in [0.3, 0.4) is 0 Å². The molecule has 116 valence electrons. The first kappa shape index (κ1) is 16.8. The van der Waals surface area contributed by atoms with Crippen LogP contribution in [-0.4, -0.2) is 51.0 Å². The molecule has 2 atom stereocenters. The summed E-state index contributed by atoms with van der Waals surface area (Å²) in [6.07, 6.45) is 0.637. The maximum Gasteiger partial charge on any atom is 0.408 e. The van der Waals surface area contributed by atoms with Gasteiger partial charge < -0.3 is 14.9 Å². The van der Waals surface area contributed by atoms with Gasteiger partial charge in [-0.25, -0.2) is 9.59 Å². The van der Waals surface area contributed by atoms with E-state index in [9.17, 15) is 19.8 Å². The van der Waals surface area contributed by atoms with Gasteiger partial charge in [0.05, 0.1) is 5.60 Å². The van der Waals surface area contributed by atoms with E-state index in [0.717, 1.165) is 11.3 Å². The monoisotopic (exact) mass is 287 g/mol. The van der Waals surface area contributed by atoms with Crippen LogP contribution < -0.4 is 0 Å². The lowest BCUT2D eigenvalue weighted by Gasteiger charge is -2.42. The first-order valence-electron chi connectivity index (χ1n) is 7.03. The molecular weight excluding hydrogens is 262 g/mol. The molecule has 2 unspecified atom stereocenters. The molecule has 0 aliphatic carbocycles. The fraction of sp³-hybridized carbons (Fsp3) is 0.857. The summed E-state index contributed by atoms with van der Waals surface area (Å²) < 4.78 is 5.27. The van der Waals surface area contributed by atoms with Gasteiger partial charge in [-0.2, -0.15) is 0 Å². The lowest BCUT2D eigenvalue weighted by Crippen LogP contribution is -2.56. The number of hydrogen-bond acceptors (Lipinski definition) is 4. The molecule has 0 saturated carbocycles. The van der Waals surface area contributed by atoms with Gasteiger partial charge in [0.15, 0.2) is 0 Å². The van der Waals surface area contributed by atoms with E-state index in [-0.39, 0.29) is 13.0 Å². The quantitative estimate of drug-likeness (QED) is 0.775. The van der Waals surface area contributed by atoms with E-state index in [0.29, 0.717) is 12.8 Å². The number of ether oxygens (including phenoxy) is 1. The molecule has 1 aliphatic heterocycles. The van der Waals surface area contributed by atoms with Gasteiger partial charge in [0, 0.05) is 13.0 Å². The molecule has 6 heteroatoms. The van der Waals surface area contributed by atoms with Gasteiger partial charge in [-0.05, 0) is 33.6 Å². The predicted molar refractivity (Wildman–Crippen MR) is 73.5 cm³/mol. The van der Waals surface area contributed by atoms with Crippen molar-refractivity contribution in [3.05, 3.63) is 0 Å². The number of aliphatic hydroxyl groups is 1. The Morgan fingerprint density at radius 2 is 2.00 bits per heavy atom. The number of hydrogen-bond donors (Lipinski definition) is 2. The largest absolute Gasteiger partial charge is 0.465 e. The number of likely N-dealkylation sites (tertiary alicyclic amines) is 1. The number of carbonyl (C=O) groups is 2. The highest BCUT2D eigenvalue weighted by atomic mass is 16.6. The summed E-state index contributed by atoms with van der Waals surface area (Å²) in [6, 6.07) is -0.933. The molecule has 0 bridgehead atoms. The third kappa shape index (κ3) is 4.37.